The van der Waals surface area contributed by atoms with Gasteiger partial charge in [0.15, 0.2) is 0 Å². The van der Waals surface area contributed by atoms with Gasteiger partial charge in [-0.05, 0) is 40.4 Å². The number of anilines is 1. The molecular formula is C16H26BrN3S. The van der Waals surface area contributed by atoms with Crippen molar-refractivity contribution in [1.29, 1.82) is 0 Å². The average molecular weight is 372 g/mol. The van der Waals surface area contributed by atoms with E-state index in [0.29, 0.717) is 11.2 Å². The molecule has 3 nitrogen and oxygen atoms in total. The Morgan fingerprint density at radius 2 is 2.00 bits per heavy atom. The van der Waals surface area contributed by atoms with E-state index < -0.39 is 0 Å². The van der Waals surface area contributed by atoms with E-state index in [1.165, 1.54) is 31.4 Å². The number of halogens is 1. The van der Waals surface area contributed by atoms with Gasteiger partial charge in [0.2, 0.25) is 0 Å². The van der Waals surface area contributed by atoms with Crippen molar-refractivity contribution in [3.8, 4) is 0 Å². The van der Waals surface area contributed by atoms with Crippen LogP contribution in [0, 0.1) is 0 Å². The maximum Gasteiger partial charge on any atom is 0.144 e. The topological polar surface area (TPSA) is 37.8 Å². The van der Waals surface area contributed by atoms with Crippen molar-refractivity contribution in [3.63, 3.8) is 0 Å². The first-order valence-electron chi connectivity index (χ1n) is 8.03. The van der Waals surface area contributed by atoms with Gasteiger partial charge in [-0.1, -0.05) is 33.6 Å². The molecule has 0 spiro atoms. The molecule has 1 fully saturated rings. The molecule has 1 aromatic rings. The molecule has 5 heteroatoms. The van der Waals surface area contributed by atoms with Crippen LogP contribution in [0.15, 0.2) is 4.47 Å². The summed E-state index contributed by atoms with van der Waals surface area (Å²) in [6.45, 7) is 7.57. The van der Waals surface area contributed by atoms with E-state index in [-0.39, 0.29) is 0 Å². The molecular weight excluding hydrogens is 346 g/mol. The highest BCUT2D eigenvalue weighted by Crippen LogP contribution is 2.39. The predicted octanol–water partition coefficient (Wildman–Crippen LogP) is 5.36. The van der Waals surface area contributed by atoms with Crippen molar-refractivity contribution in [1.82, 2.24) is 9.97 Å². The minimum Gasteiger partial charge on any atom is -0.369 e. The van der Waals surface area contributed by atoms with Crippen LogP contribution in [0.25, 0.3) is 0 Å². The first kappa shape index (κ1) is 17.1. The van der Waals surface area contributed by atoms with Crippen LogP contribution in [0.5, 0.6) is 0 Å². The smallest absolute Gasteiger partial charge is 0.144 e. The fourth-order valence-corrected chi connectivity index (χ4v) is 3.90. The minimum atomic E-state index is 0.604. The average Bonchev–Trinajstić information content (AvgIpc) is 2.98. The summed E-state index contributed by atoms with van der Waals surface area (Å²) in [6, 6.07) is 0. The van der Waals surface area contributed by atoms with Crippen LogP contribution in [0.2, 0.25) is 0 Å². The number of nitrogens with one attached hydrogen (secondary N) is 1. The van der Waals surface area contributed by atoms with E-state index in [4.69, 9.17) is 9.97 Å². The van der Waals surface area contributed by atoms with E-state index in [2.05, 4.69) is 42.0 Å². The van der Waals surface area contributed by atoms with Crippen molar-refractivity contribution >= 4 is 33.5 Å². The minimum absolute atomic E-state index is 0.604. The molecule has 1 N–H and O–H groups in total. The summed E-state index contributed by atoms with van der Waals surface area (Å²) in [5.41, 5.74) is 1.22. The number of aromatic nitrogens is 2. The molecule has 0 saturated heterocycles. The zero-order valence-electron chi connectivity index (χ0n) is 13.3. The van der Waals surface area contributed by atoms with E-state index >= 15 is 0 Å². The summed E-state index contributed by atoms with van der Waals surface area (Å²) in [7, 11) is 0. The third-order valence-corrected chi connectivity index (χ3v) is 5.63. The quantitative estimate of drug-likeness (QED) is 0.699. The highest BCUT2D eigenvalue weighted by atomic mass is 79.9. The Kier molecular flexibility index (Phi) is 6.80. The lowest BCUT2D eigenvalue weighted by atomic mass is 10.0. The Morgan fingerprint density at radius 1 is 1.29 bits per heavy atom. The fraction of sp³-hybridized carbons (Fsp3) is 0.750. The largest absolute Gasteiger partial charge is 0.369 e. The van der Waals surface area contributed by atoms with Gasteiger partial charge in [-0.25, -0.2) is 9.97 Å². The first-order valence-corrected chi connectivity index (χ1v) is 9.87. The Labute approximate surface area is 141 Å². The standard InChI is InChI=1S/C16H26BrN3S/c1-4-9-18-16-14(17)15(12-7-5-6-8-12)19-13(20-16)10-21-11(2)3/h11-12H,4-10H2,1-3H3,(H,18,19,20). The van der Waals surface area contributed by atoms with Crippen molar-refractivity contribution < 1.29 is 0 Å². The molecule has 1 aliphatic carbocycles. The maximum absolute atomic E-state index is 4.88. The molecule has 0 bridgehead atoms. The third-order valence-electron chi connectivity index (χ3n) is 3.75. The van der Waals surface area contributed by atoms with Crippen molar-refractivity contribution in [2.45, 2.75) is 69.8 Å². The van der Waals surface area contributed by atoms with E-state index in [9.17, 15) is 0 Å². The Bertz CT molecular complexity index is 459. The summed E-state index contributed by atoms with van der Waals surface area (Å²) in [6.07, 6.45) is 6.29. The van der Waals surface area contributed by atoms with Crippen LogP contribution in [0.1, 0.15) is 70.3 Å². The number of nitrogens with zero attached hydrogens (tertiary/aromatic N) is 2. The SMILES string of the molecule is CCCNc1nc(CSC(C)C)nc(C2CCCC2)c1Br. The first-order chi connectivity index (χ1) is 10.1. The molecule has 118 valence electrons. The Balaban J connectivity index is 2.25. The van der Waals surface area contributed by atoms with Crippen LogP contribution >= 0.6 is 27.7 Å². The Morgan fingerprint density at radius 3 is 2.62 bits per heavy atom. The van der Waals surface area contributed by atoms with Gasteiger partial charge in [-0.15, -0.1) is 0 Å². The zero-order valence-corrected chi connectivity index (χ0v) is 15.7. The van der Waals surface area contributed by atoms with Gasteiger partial charge in [-0.2, -0.15) is 11.8 Å². The molecule has 0 unspecified atom stereocenters. The summed E-state index contributed by atoms with van der Waals surface area (Å²) < 4.78 is 1.08. The van der Waals surface area contributed by atoms with E-state index in [0.717, 1.165) is 34.8 Å². The van der Waals surface area contributed by atoms with Crippen LogP contribution in [-0.2, 0) is 5.75 Å². The molecule has 2 rings (SSSR count). The highest BCUT2D eigenvalue weighted by molar-refractivity contribution is 9.10. The molecule has 0 amide bonds. The lowest BCUT2D eigenvalue weighted by Gasteiger charge is -2.16. The lowest BCUT2D eigenvalue weighted by molar-refractivity contribution is 0.683. The van der Waals surface area contributed by atoms with Crippen molar-refractivity contribution in [3.05, 3.63) is 16.0 Å². The van der Waals surface area contributed by atoms with Gasteiger partial charge < -0.3 is 5.32 Å². The van der Waals surface area contributed by atoms with Gasteiger partial charge in [-0.3, -0.25) is 0 Å². The van der Waals surface area contributed by atoms with E-state index in [1.807, 2.05) is 11.8 Å². The molecule has 21 heavy (non-hydrogen) atoms. The number of hydrogen-bond acceptors (Lipinski definition) is 4. The Hall–Kier alpha value is -0.290. The second-order valence-electron chi connectivity index (χ2n) is 5.96. The molecule has 1 aromatic heterocycles. The van der Waals surface area contributed by atoms with Gasteiger partial charge >= 0.3 is 0 Å². The van der Waals surface area contributed by atoms with Gasteiger partial charge in [0, 0.05) is 12.5 Å². The van der Waals surface area contributed by atoms with Crippen molar-refractivity contribution in [2.24, 2.45) is 0 Å². The summed E-state index contributed by atoms with van der Waals surface area (Å²) >= 11 is 5.65. The molecule has 0 aromatic carbocycles. The molecule has 0 atom stereocenters. The zero-order chi connectivity index (χ0) is 15.2. The van der Waals surface area contributed by atoms with Crippen LogP contribution < -0.4 is 5.32 Å². The van der Waals surface area contributed by atoms with Gasteiger partial charge in [0.25, 0.3) is 0 Å². The van der Waals surface area contributed by atoms with Crippen LogP contribution in [0.3, 0.4) is 0 Å². The van der Waals surface area contributed by atoms with Gasteiger partial charge in [0.05, 0.1) is 15.9 Å². The number of hydrogen-bond donors (Lipinski definition) is 1. The van der Waals surface area contributed by atoms with Crippen LogP contribution in [0.4, 0.5) is 5.82 Å². The predicted molar refractivity (Wildman–Crippen MR) is 96.2 cm³/mol. The summed E-state index contributed by atoms with van der Waals surface area (Å²) in [4.78, 5) is 9.60. The maximum atomic E-state index is 4.88. The normalized spacial score (nSPS) is 15.9. The van der Waals surface area contributed by atoms with Crippen molar-refractivity contribution in [2.75, 3.05) is 11.9 Å². The molecule has 1 heterocycles. The van der Waals surface area contributed by atoms with Gasteiger partial charge in [0.1, 0.15) is 11.6 Å². The summed E-state index contributed by atoms with van der Waals surface area (Å²) in [5.74, 6) is 3.45. The lowest BCUT2D eigenvalue weighted by Crippen LogP contribution is -2.10. The second-order valence-corrected chi connectivity index (χ2v) is 8.31. The summed E-state index contributed by atoms with van der Waals surface area (Å²) in [5, 5.41) is 4.06. The third kappa shape index (κ3) is 4.85. The monoisotopic (exact) mass is 371 g/mol. The molecule has 1 saturated carbocycles. The fourth-order valence-electron chi connectivity index (χ4n) is 2.65. The number of thioether (sulfide) groups is 1. The molecule has 0 aliphatic heterocycles. The highest BCUT2D eigenvalue weighted by Gasteiger charge is 2.23. The molecule has 0 radical (unpaired) electrons. The molecule has 1 aliphatic rings. The second kappa shape index (κ2) is 8.37. The van der Waals surface area contributed by atoms with E-state index in [1.54, 1.807) is 0 Å². The van der Waals surface area contributed by atoms with Crippen LogP contribution in [-0.4, -0.2) is 21.8 Å². The number of rotatable bonds is 7.